The molecule has 170 valence electrons. The Bertz CT molecular complexity index is 798. The molecule has 2 saturated heterocycles. The van der Waals surface area contributed by atoms with E-state index in [9.17, 15) is 9.18 Å². The first kappa shape index (κ1) is 21.0. The summed E-state index contributed by atoms with van der Waals surface area (Å²) in [4.78, 5) is 25.6. The highest BCUT2D eigenvalue weighted by atomic mass is 19.1. The number of anilines is 1. The highest BCUT2D eigenvalue weighted by Crippen LogP contribution is 2.40. The molecule has 4 fully saturated rings. The topological polar surface area (TPSA) is 82.6 Å². The largest absolute Gasteiger partial charge is 0.373 e. The van der Waals surface area contributed by atoms with Crippen LogP contribution < -0.4 is 15.8 Å². The molecule has 31 heavy (non-hydrogen) atoms. The number of rotatable bonds is 5. The van der Waals surface area contributed by atoms with E-state index >= 15 is 0 Å². The van der Waals surface area contributed by atoms with Gasteiger partial charge in [-0.15, -0.1) is 0 Å². The number of hydrazine groups is 1. The number of hydrogen-bond donors (Lipinski definition) is 2. The van der Waals surface area contributed by atoms with E-state index in [1.54, 1.807) is 6.33 Å². The molecule has 2 saturated carbocycles. The van der Waals surface area contributed by atoms with Gasteiger partial charge < -0.3 is 14.5 Å². The van der Waals surface area contributed by atoms with Crippen molar-refractivity contribution < 1.29 is 13.9 Å². The van der Waals surface area contributed by atoms with Crippen LogP contribution in [0.15, 0.2) is 12.4 Å². The molecule has 5 unspecified atom stereocenters. The van der Waals surface area contributed by atoms with Crippen molar-refractivity contribution in [2.75, 3.05) is 31.1 Å². The number of carbonyl (C=O) groups is 1. The summed E-state index contributed by atoms with van der Waals surface area (Å²) in [5.74, 6) is 1.69. The molecule has 2 N–H and O–H groups in total. The summed E-state index contributed by atoms with van der Waals surface area (Å²) in [7, 11) is 0. The zero-order valence-corrected chi connectivity index (χ0v) is 18.3. The van der Waals surface area contributed by atoms with E-state index in [1.165, 1.54) is 0 Å². The number of aromatic nitrogens is 2. The van der Waals surface area contributed by atoms with Gasteiger partial charge in [-0.1, -0.05) is 0 Å². The molecular weight excluding hydrogens is 399 g/mol. The van der Waals surface area contributed by atoms with Crippen molar-refractivity contribution in [3.63, 3.8) is 0 Å². The Kier molecular flexibility index (Phi) is 5.83. The van der Waals surface area contributed by atoms with Gasteiger partial charge in [-0.25, -0.2) is 19.8 Å². The highest BCUT2D eigenvalue weighted by molar-refractivity contribution is 5.81. The zero-order valence-electron chi connectivity index (χ0n) is 18.3. The lowest BCUT2D eigenvalue weighted by atomic mass is 9.78. The minimum Gasteiger partial charge on any atom is -0.373 e. The van der Waals surface area contributed by atoms with E-state index in [-0.39, 0.29) is 36.1 Å². The summed E-state index contributed by atoms with van der Waals surface area (Å²) in [6.07, 6.45) is 3.50. The number of alkyl halides is 1. The van der Waals surface area contributed by atoms with E-state index in [1.807, 2.05) is 24.8 Å². The molecule has 5 rings (SSSR count). The minimum atomic E-state index is -0.952. The molecular formula is C22H33FN6O2. The van der Waals surface area contributed by atoms with Crippen LogP contribution in [0, 0.1) is 11.8 Å². The molecule has 1 aromatic heterocycles. The normalized spacial score (nSPS) is 33.6. The zero-order chi connectivity index (χ0) is 21.5. The fourth-order valence-corrected chi connectivity index (χ4v) is 5.22. The molecule has 5 atom stereocenters. The number of piperazine rings is 1. The maximum Gasteiger partial charge on any atom is 0.225 e. The molecule has 3 heterocycles. The summed E-state index contributed by atoms with van der Waals surface area (Å²) < 4.78 is 20.4. The van der Waals surface area contributed by atoms with Crippen molar-refractivity contribution in [3.8, 4) is 0 Å². The van der Waals surface area contributed by atoms with Crippen molar-refractivity contribution in [1.82, 2.24) is 25.7 Å². The third-order valence-corrected chi connectivity index (χ3v) is 7.04. The van der Waals surface area contributed by atoms with E-state index in [0.717, 1.165) is 50.5 Å². The Labute approximate surface area is 182 Å². The summed E-state index contributed by atoms with van der Waals surface area (Å²) in [5, 5.41) is 0. The van der Waals surface area contributed by atoms with Gasteiger partial charge in [-0.3, -0.25) is 10.2 Å². The second-order valence-corrected chi connectivity index (χ2v) is 9.64. The van der Waals surface area contributed by atoms with E-state index < -0.39 is 6.17 Å². The maximum absolute atomic E-state index is 14.6. The van der Waals surface area contributed by atoms with Crippen LogP contribution in [0.5, 0.6) is 0 Å². The molecule has 1 amide bonds. The van der Waals surface area contributed by atoms with Crippen molar-refractivity contribution in [2.45, 2.75) is 70.0 Å². The van der Waals surface area contributed by atoms with Crippen LogP contribution in [0.3, 0.4) is 0 Å². The summed E-state index contributed by atoms with van der Waals surface area (Å²) in [6, 6.07) is 2.11. The Morgan fingerprint density at radius 2 is 1.94 bits per heavy atom. The monoisotopic (exact) mass is 432 g/mol. The highest BCUT2D eigenvalue weighted by Gasteiger charge is 2.46. The Balaban J connectivity index is 1.25. The van der Waals surface area contributed by atoms with Crippen LogP contribution in [-0.4, -0.2) is 71.4 Å². The Morgan fingerprint density at radius 1 is 1.16 bits per heavy atom. The van der Waals surface area contributed by atoms with Crippen LogP contribution in [-0.2, 0) is 9.53 Å². The molecule has 0 radical (unpaired) electrons. The summed E-state index contributed by atoms with van der Waals surface area (Å²) in [5.41, 5.74) is 7.55. The van der Waals surface area contributed by atoms with Gasteiger partial charge in [0.2, 0.25) is 5.91 Å². The third kappa shape index (κ3) is 4.40. The number of carbonyl (C=O) groups excluding carboxylic acids is 1. The van der Waals surface area contributed by atoms with Gasteiger partial charge in [-0.05, 0) is 39.5 Å². The van der Waals surface area contributed by atoms with Crippen molar-refractivity contribution >= 4 is 11.7 Å². The summed E-state index contributed by atoms with van der Waals surface area (Å²) in [6.45, 7) is 6.96. The van der Waals surface area contributed by atoms with Crippen LogP contribution in [0.2, 0.25) is 0 Å². The quantitative estimate of drug-likeness (QED) is 0.731. The summed E-state index contributed by atoms with van der Waals surface area (Å²) >= 11 is 0. The lowest BCUT2D eigenvalue weighted by Crippen LogP contribution is -2.49. The SMILES string of the molecule is CC(C)OC1CC2C(CC1F)NNC2c1cc(N2CCN(C(=O)C3CC3)CC2)ncn1. The van der Waals surface area contributed by atoms with Gasteiger partial charge in [-0.2, -0.15) is 0 Å². The van der Waals surface area contributed by atoms with E-state index in [4.69, 9.17) is 4.74 Å². The molecule has 8 nitrogen and oxygen atoms in total. The second-order valence-electron chi connectivity index (χ2n) is 9.64. The first-order chi connectivity index (χ1) is 15.0. The number of hydrogen-bond acceptors (Lipinski definition) is 7. The molecule has 2 aliphatic heterocycles. The van der Waals surface area contributed by atoms with Gasteiger partial charge in [0.1, 0.15) is 18.3 Å². The molecule has 0 bridgehead atoms. The molecule has 1 aromatic rings. The van der Waals surface area contributed by atoms with Crippen molar-refractivity contribution in [1.29, 1.82) is 0 Å². The molecule has 2 aliphatic carbocycles. The maximum atomic E-state index is 14.6. The van der Waals surface area contributed by atoms with Gasteiger partial charge in [0.05, 0.1) is 23.9 Å². The fraction of sp³-hybridized carbons (Fsp3) is 0.773. The number of nitrogens with one attached hydrogen (secondary N) is 2. The van der Waals surface area contributed by atoms with E-state index in [0.29, 0.717) is 18.7 Å². The van der Waals surface area contributed by atoms with Crippen molar-refractivity contribution in [3.05, 3.63) is 18.1 Å². The van der Waals surface area contributed by atoms with Crippen LogP contribution >= 0.6 is 0 Å². The Morgan fingerprint density at radius 3 is 2.65 bits per heavy atom. The van der Waals surface area contributed by atoms with Crippen molar-refractivity contribution in [2.24, 2.45) is 11.8 Å². The second kappa shape index (κ2) is 8.60. The smallest absolute Gasteiger partial charge is 0.225 e. The predicted octanol–water partition coefficient (Wildman–Crippen LogP) is 1.59. The lowest BCUT2D eigenvalue weighted by Gasteiger charge is -2.37. The van der Waals surface area contributed by atoms with E-state index in [2.05, 4.69) is 25.7 Å². The standard InChI is InChI=1S/C22H33FN6O2/c1-13(2)31-19-9-15-17(10-16(19)23)26-27-21(15)18-11-20(25-12-24-18)28-5-7-29(8-6-28)22(30)14-3-4-14/h11-17,19,21,26-27H,3-10H2,1-2H3. The van der Waals surface area contributed by atoms with Gasteiger partial charge in [0.15, 0.2) is 0 Å². The number of ether oxygens (including phenoxy) is 1. The molecule has 9 heteroatoms. The molecule has 0 aromatic carbocycles. The average molecular weight is 433 g/mol. The Hall–Kier alpha value is -1.84. The van der Waals surface area contributed by atoms with Gasteiger partial charge in [0.25, 0.3) is 0 Å². The number of fused-ring (bicyclic) bond motifs is 1. The van der Waals surface area contributed by atoms with Crippen LogP contribution in [0.25, 0.3) is 0 Å². The van der Waals surface area contributed by atoms with Gasteiger partial charge in [0, 0.05) is 50.1 Å². The predicted molar refractivity (Wildman–Crippen MR) is 114 cm³/mol. The first-order valence-corrected chi connectivity index (χ1v) is 11.7. The minimum absolute atomic E-state index is 0.00440. The number of halogens is 1. The lowest BCUT2D eigenvalue weighted by molar-refractivity contribution is -0.132. The number of nitrogens with zero attached hydrogens (tertiary/aromatic N) is 4. The molecule has 4 aliphatic rings. The number of amides is 1. The molecule has 0 spiro atoms. The first-order valence-electron chi connectivity index (χ1n) is 11.7. The average Bonchev–Trinajstić information content (AvgIpc) is 3.54. The van der Waals surface area contributed by atoms with Crippen LogP contribution in [0.4, 0.5) is 10.2 Å². The van der Waals surface area contributed by atoms with Gasteiger partial charge >= 0.3 is 0 Å². The van der Waals surface area contributed by atoms with Crippen LogP contribution in [0.1, 0.15) is 51.3 Å². The third-order valence-electron chi connectivity index (χ3n) is 7.04. The fourth-order valence-electron chi connectivity index (χ4n) is 5.22.